The molecule has 0 fully saturated rings. The number of pyridine rings is 1. The van der Waals surface area contributed by atoms with Gasteiger partial charge in [0.1, 0.15) is 18.1 Å². The SMILES string of the molecule is Cc1noc(C)c1COc1ccccc1C(=O)Nc1ccncc1. The predicted molar refractivity (Wildman–Crippen MR) is 88.9 cm³/mol. The zero-order chi connectivity index (χ0) is 16.9. The van der Waals surface area contributed by atoms with E-state index in [-0.39, 0.29) is 5.91 Å². The molecular weight excluding hydrogens is 306 g/mol. The van der Waals surface area contributed by atoms with Gasteiger partial charge in [-0.3, -0.25) is 9.78 Å². The third-order valence-electron chi connectivity index (χ3n) is 3.62. The van der Waals surface area contributed by atoms with Crippen LogP contribution in [0.4, 0.5) is 5.69 Å². The van der Waals surface area contributed by atoms with Gasteiger partial charge < -0.3 is 14.6 Å². The number of nitrogens with zero attached hydrogens (tertiary/aromatic N) is 2. The molecule has 0 aliphatic carbocycles. The first-order valence-corrected chi connectivity index (χ1v) is 7.50. The summed E-state index contributed by atoms with van der Waals surface area (Å²) in [7, 11) is 0. The fourth-order valence-electron chi connectivity index (χ4n) is 2.27. The summed E-state index contributed by atoms with van der Waals surface area (Å²) in [6.07, 6.45) is 3.24. The lowest BCUT2D eigenvalue weighted by Gasteiger charge is -2.11. The molecule has 0 aliphatic heterocycles. The lowest BCUT2D eigenvalue weighted by atomic mass is 10.1. The van der Waals surface area contributed by atoms with Crippen LogP contribution >= 0.6 is 0 Å². The topological polar surface area (TPSA) is 77.2 Å². The summed E-state index contributed by atoms with van der Waals surface area (Å²) in [5.41, 5.74) is 2.81. The summed E-state index contributed by atoms with van der Waals surface area (Å²) in [6, 6.07) is 10.6. The van der Waals surface area contributed by atoms with Crippen molar-refractivity contribution in [3.05, 3.63) is 71.4 Å². The van der Waals surface area contributed by atoms with Gasteiger partial charge in [0, 0.05) is 18.1 Å². The number of ether oxygens (including phenoxy) is 1. The Morgan fingerprint density at radius 2 is 1.92 bits per heavy atom. The van der Waals surface area contributed by atoms with Crippen LogP contribution in [0, 0.1) is 13.8 Å². The number of benzene rings is 1. The van der Waals surface area contributed by atoms with Gasteiger partial charge in [-0.25, -0.2) is 0 Å². The van der Waals surface area contributed by atoms with Crippen molar-refractivity contribution in [3.8, 4) is 5.75 Å². The van der Waals surface area contributed by atoms with E-state index in [1.807, 2.05) is 19.9 Å². The van der Waals surface area contributed by atoms with E-state index in [4.69, 9.17) is 9.26 Å². The van der Waals surface area contributed by atoms with Gasteiger partial charge in [-0.2, -0.15) is 0 Å². The van der Waals surface area contributed by atoms with E-state index in [2.05, 4.69) is 15.5 Å². The third-order valence-corrected chi connectivity index (χ3v) is 3.62. The van der Waals surface area contributed by atoms with Gasteiger partial charge in [-0.15, -0.1) is 0 Å². The fourth-order valence-corrected chi connectivity index (χ4v) is 2.27. The number of carbonyl (C=O) groups excluding carboxylic acids is 1. The summed E-state index contributed by atoms with van der Waals surface area (Å²) in [4.78, 5) is 16.4. The minimum Gasteiger partial charge on any atom is -0.488 e. The maximum Gasteiger partial charge on any atom is 0.259 e. The van der Waals surface area contributed by atoms with Gasteiger partial charge in [0.15, 0.2) is 0 Å². The molecule has 0 aliphatic rings. The fraction of sp³-hybridized carbons (Fsp3) is 0.167. The number of nitrogens with one attached hydrogen (secondary N) is 1. The van der Waals surface area contributed by atoms with E-state index in [1.165, 1.54) is 0 Å². The summed E-state index contributed by atoms with van der Waals surface area (Å²) in [5.74, 6) is 0.978. The number of hydrogen-bond donors (Lipinski definition) is 1. The minimum absolute atomic E-state index is 0.240. The normalized spacial score (nSPS) is 10.4. The van der Waals surface area contributed by atoms with Crippen molar-refractivity contribution in [1.29, 1.82) is 0 Å². The van der Waals surface area contributed by atoms with Crippen LogP contribution in [0.3, 0.4) is 0 Å². The Morgan fingerprint density at radius 1 is 1.17 bits per heavy atom. The molecule has 2 heterocycles. The summed E-state index contributed by atoms with van der Waals surface area (Å²) in [6.45, 7) is 3.98. The molecule has 6 heteroatoms. The maximum absolute atomic E-state index is 12.5. The lowest BCUT2D eigenvalue weighted by molar-refractivity contribution is 0.102. The van der Waals surface area contributed by atoms with Crippen molar-refractivity contribution in [1.82, 2.24) is 10.1 Å². The van der Waals surface area contributed by atoms with Crippen molar-refractivity contribution in [2.24, 2.45) is 0 Å². The van der Waals surface area contributed by atoms with Crippen molar-refractivity contribution in [3.63, 3.8) is 0 Å². The van der Waals surface area contributed by atoms with Gasteiger partial charge in [0.2, 0.25) is 0 Å². The summed E-state index contributed by atoms with van der Waals surface area (Å²) < 4.78 is 11.0. The first-order valence-electron chi connectivity index (χ1n) is 7.50. The van der Waals surface area contributed by atoms with Crippen molar-refractivity contribution in [2.45, 2.75) is 20.5 Å². The molecule has 3 rings (SSSR count). The average molecular weight is 323 g/mol. The Bertz CT molecular complexity index is 824. The van der Waals surface area contributed by atoms with Crippen molar-refractivity contribution in [2.75, 3.05) is 5.32 Å². The molecule has 0 unspecified atom stereocenters. The molecule has 24 heavy (non-hydrogen) atoms. The van der Waals surface area contributed by atoms with Crippen LogP contribution in [0.1, 0.15) is 27.4 Å². The number of amides is 1. The molecule has 1 aromatic carbocycles. The standard InChI is InChI=1S/C18H17N3O3/c1-12-16(13(2)24-21-12)11-23-17-6-4-3-5-15(17)18(22)20-14-7-9-19-10-8-14/h3-10H,11H2,1-2H3,(H,19,20,22). The van der Waals surface area contributed by atoms with Crippen molar-refractivity contribution < 1.29 is 14.1 Å². The second kappa shape index (κ2) is 6.95. The van der Waals surface area contributed by atoms with E-state index in [0.717, 1.165) is 11.3 Å². The number of aryl methyl sites for hydroxylation is 2. The number of anilines is 1. The third kappa shape index (κ3) is 3.43. The van der Waals surface area contributed by atoms with E-state index < -0.39 is 0 Å². The maximum atomic E-state index is 12.5. The van der Waals surface area contributed by atoms with Crippen LogP contribution in [0.15, 0.2) is 53.3 Å². The van der Waals surface area contributed by atoms with Crippen LogP contribution in [0.2, 0.25) is 0 Å². The van der Waals surface area contributed by atoms with Gasteiger partial charge >= 0.3 is 0 Å². The average Bonchev–Trinajstić information content (AvgIpc) is 2.92. The monoisotopic (exact) mass is 323 g/mol. The first kappa shape index (κ1) is 15.7. The summed E-state index contributed by atoms with van der Waals surface area (Å²) in [5, 5.41) is 6.73. The molecule has 2 aromatic heterocycles. The molecular formula is C18H17N3O3. The van der Waals surface area contributed by atoms with Crippen molar-refractivity contribution >= 4 is 11.6 Å². The van der Waals surface area contributed by atoms with Gasteiger partial charge in [0.05, 0.1) is 16.8 Å². The Labute approximate surface area is 139 Å². The molecule has 1 N–H and O–H groups in total. The van der Waals surface area contributed by atoms with Gasteiger partial charge in [-0.1, -0.05) is 17.3 Å². The Kier molecular flexibility index (Phi) is 4.56. The largest absolute Gasteiger partial charge is 0.488 e. The molecule has 6 nitrogen and oxygen atoms in total. The minimum atomic E-state index is -0.240. The smallest absolute Gasteiger partial charge is 0.259 e. The molecule has 1 amide bonds. The molecule has 0 saturated heterocycles. The Hall–Kier alpha value is -3.15. The predicted octanol–water partition coefficient (Wildman–Crippen LogP) is 3.52. The molecule has 0 atom stereocenters. The van der Waals surface area contributed by atoms with Crippen LogP contribution in [0.25, 0.3) is 0 Å². The highest BCUT2D eigenvalue weighted by Crippen LogP contribution is 2.22. The quantitative estimate of drug-likeness (QED) is 0.777. The highest BCUT2D eigenvalue weighted by atomic mass is 16.5. The zero-order valence-corrected chi connectivity index (χ0v) is 13.4. The number of rotatable bonds is 5. The lowest BCUT2D eigenvalue weighted by Crippen LogP contribution is -2.13. The van der Waals surface area contributed by atoms with Gasteiger partial charge in [0.25, 0.3) is 5.91 Å². The van der Waals surface area contributed by atoms with E-state index >= 15 is 0 Å². The van der Waals surface area contributed by atoms with E-state index in [1.54, 1.807) is 42.7 Å². The second-order valence-electron chi connectivity index (χ2n) is 5.28. The second-order valence-corrected chi connectivity index (χ2v) is 5.28. The Morgan fingerprint density at radius 3 is 2.62 bits per heavy atom. The number of aromatic nitrogens is 2. The van der Waals surface area contributed by atoms with E-state index in [9.17, 15) is 4.79 Å². The highest BCUT2D eigenvalue weighted by Gasteiger charge is 2.15. The van der Waals surface area contributed by atoms with Crippen LogP contribution in [0.5, 0.6) is 5.75 Å². The molecule has 3 aromatic rings. The molecule has 0 saturated carbocycles. The molecule has 122 valence electrons. The molecule has 0 bridgehead atoms. The van der Waals surface area contributed by atoms with Crippen LogP contribution in [-0.4, -0.2) is 16.0 Å². The summed E-state index contributed by atoms with van der Waals surface area (Å²) >= 11 is 0. The van der Waals surface area contributed by atoms with Gasteiger partial charge in [-0.05, 0) is 38.1 Å². The zero-order valence-electron chi connectivity index (χ0n) is 13.4. The van der Waals surface area contributed by atoms with Crippen LogP contribution in [-0.2, 0) is 6.61 Å². The molecule has 0 radical (unpaired) electrons. The highest BCUT2D eigenvalue weighted by molar-refractivity contribution is 6.06. The first-order chi connectivity index (χ1) is 11.6. The number of para-hydroxylation sites is 1. The number of carbonyl (C=O) groups is 1. The molecule has 0 spiro atoms. The number of hydrogen-bond acceptors (Lipinski definition) is 5. The van der Waals surface area contributed by atoms with Crippen LogP contribution < -0.4 is 10.1 Å². The van der Waals surface area contributed by atoms with E-state index in [0.29, 0.717) is 29.4 Å². The Balaban J connectivity index is 1.76.